The van der Waals surface area contributed by atoms with Crippen molar-refractivity contribution in [2.24, 2.45) is 0 Å². The first-order valence-electron chi connectivity index (χ1n) is 6.09. The molecular weight excluding hydrogens is 299 g/mol. The number of methoxy groups -OCH3 is 1. The average molecular weight is 309 g/mol. The predicted octanol–water partition coefficient (Wildman–Crippen LogP) is 4.99. The lowest BCUT2D eigenvalue weighted by Crippen LogP contribution is -2.04. The zero-order valence-electron chi connectivity index (χ0n) is 10.9. The van der Waals surface area contributed by atoms with Crippen molar-refractivity contribution in [3.8, 4) is 16.9 Å². The van der Waals surface area contributed by atoms with Crippen molar-refractivity contribution in [1.82, 2.24) is 4.37 Å². The average Bonchev–Trinajstić information content (AvgIpc) is 2.93. The van der Waals surface area contributed by atoms with Crippen LogP contribution in [0, 0.1) is 0 Å². The van der Waals surface area contributed by atoms with Gasteiger partial charge in [0, 0.05) is 17.1 Å². The Morgan fingerprint density at radius 1 is 1.05 bits per heavy atom. The molecule has 0 spiro atoms. The highest BCUT2D eigenvalue weighted by molar-refractivity contribution is 7.14. The fourth-order valence-corrected chi connectivity index (χ4v) is 2.99. The van der Waals surface area contributed by atoms with Crippen molar-refractivity contribution in [2.45, 2.75) is 6.18 Å². The Bertz CT molecular complexity index is 778. The lowest BCUT2D eigenvalue weighted by atomic mass is 10.0. The summed E-state index contributed by atoms with van der Waals surface area (Å²) in [6.45, 7) is 0. The van der Waals surface area contributed by atoms with Crippen LogP contribution in [0.25, 0.3) is 21.2 Å². The fourth-order valence-electron chi connectivity index (χ4n) is 2.19. The van der Waals surface area contributed by atoms with Crippen LogP contribution in [0.2, 0.25) is 0 Å². The third kappa shape index (κ3) is 2.47. The largest absolute Gasteiger partial charge is 0.496 e. The molecule has 3 aromatic rings. The maximum Gasteiger partial charge on any atom is 0.416 e. The summed E-state index contributed by atoms with van der Waals surface area (Å²) >= 11 is 1.30. The van der Waals surface area contributed by atoms with Crippen LogP contribution in [-0.4, -0.2) is 11.5 Å². The summed E-state index contributed by atoms with van der Waals surface area (Å²) < 4.78 is 48.3. The van der Waals surface area contributed by atoms with E-state index in [0.29, 0.717) is 11.3 Å². The van der Waals surface area contributed by atoms with Gasteiger partial charge in [0.1, 0.15) is 5.75 Å². The minimum atomic E-state index is -4.33. The monoisotopic (exact) mass is 309 g/mol. The molecule has 0 fully saturated rings. The number of ether oxygens (including phenoxy) is 1. The molecule has 0 aliphatic heterocycles. The molecule has 2 nitrogen and oxygen atoms in total. The molecule has 6 heteroatoms. The van der Waals surface area contributed by atoms with E-state index in [1.54, 1.807) is 12.3 Å². The predicted molar refractivity (Wildman–Crippen MR) is 76.6 cm³/mol. The molecule has 108 valence electrons. The molecule has 0 amide bonds. The van der Waals surface area contributed by atoms with E-state index >= 15 is 0 Å². The van der Waals surface area contributed by atoms with Crippen LogP contribution in [0.3, 0.4) is 0 Å². The third-order valence-electron chi connectivity index (χ3n) is 3.21. The van der Waals surface area contributed by atoms with Gasteiger partial charge in [0.05, 0.1) is 17.4 Å². The summed E-state index contributed by atoms with van der Waals surface area (Å²) in [7, 11) is 1.54. The molecule has 0 aliphatic rings. The minimum Gasteiger partial charge on any atom is -0.496 e. The SMILES string of the molecule is COc1ccc2cnsc2c1-c1ccc(C(F)(F)F)cc1. The molecule has 1 heterocycles. The van der Waals surface area contributed by atoms with Crippen molar-refractivity contribution >= 4 is 21.6 Å². The Labute approximate surface area is 123 Å². The van der Waals surface area contributed by atoms with Gasteiger partial charge in [0.25, 0.3) is 0 Å². The van der Waals surface area contributed by atoms with Gasteiger partial charge in [0.15, 0.2) is 0 Å². The highest BCUT2D eigenvalue weighted by atomic mass is 32.1. The number of rotatable bonds is 2. The number of fused-ring (bicyclic) bond motifs is 1. The second kappa shape index (κ2) is 5.04. The summed E-state index contributed by atoms with van der Waals surface area (Å²) in [5.74, 6) is 0.617. The number of nitrogens with zero attached hydrogens (tertiary/aromatic N) is 1. The van der Waals surface area contributed by atoms with Crippen LogP contribution < -0.4 is 4.74 Å². The zero-order chi connectivity index (χ0) is 15.0. The van der Waals surface area contributed by atoms with E-state index in [-0.39, 0.29) is 0 Å². The van der Waals surface area contributed by atoms with E-state index in [1.165, 1.54) is 30.8 Å². The molecule has 2 aromatic carbocycles. The quantitative estimate of drug-likeness (QED) is 0.665. The van der Waals surface area contributed by atoms with Gasteiger partial charge >= 0.3 is 6.18 Å². The Balaban J connectivity index is 2.17. The molecule has 0 unspecified atom stereocenters. The molecule has 3 rings (SSSR count). The van der Waals surface area contributed by atoms with Crippen molar-refractivity contribution in [2.75, 3.05) is 7.11 Å². The summed E-state index contributed by atoms with van der Waals surface area (Å²) in [6.07, 6.45) is -2.61. The molecule has 0 saturated carbocycles. The van der Waals surface area contributed by atoms with Gasteiger partial charge in [-0.3, -0.25) is 0 Å². The molecule has 0 radical (unpaired) electrons. The number of aromatic nitrogens is 1. The Morgan fingerprint density at radius 2 is 1.76 bits per heavy atom. The Kier molecular flexibility index (Phi) is 3.33. The van der Waals surface area contributed by atoms with Crippen LogP contribution >= 0.6 is 11.5 Å². The number of hydrogen-bond acceptors (Lipinski definition) is 3. The normalized spacial score (nSPS) is 11.8. The molecule has 0 saturated heterocycles. The lowest BCUT2D eigenvalue weighted by molar-refractivity contribution is -0.137. The molecule has 0 bridgehead atoms. The first-order valence-corrected chi connectivity index (χ1v) is 6.87. The molecule has 0 atom stereocenters. The highest BCUT2D eigenvalue weighted by Crippen LogP contribution is 2.40. The summed E-state index contributed by atoms with van der Waals surface area (Å²) in [6, 6.07) is 8.75. The van der Waals surface area contributed by atoms with E-state index in [9.17, 15) is 13.2 Å². The van der Waals surface area contributed by atoms with Crippen molar-refractivity contribution in [3.05, 3.63) is 48.2 Å². The summed E-state index contributed by atoms with van der Waals surface area (Å²) in [4.78, 5) is 0. The maximum atomic E-state index is 12.6. The maximum absolute atomic E-state index is 12.6. The smallest absolute Gasteiger partial charge is 0.416 e. The lowest BCUT2D eigenvalue weighted by Gasteiger charge is -2.11. The van der Waals surface area contributed by atoms with Crippen LogP contribution in [0.15, 0.2) is 42.6 Å². The van der Waals surface area contributed by atoms with E-state index < -0.39 is 11.7 Å². The number of hydrogen-bond donors (Lipinski definition) is 0. The van der Waals surface area contributed by atoms with Crippen LogP contribution in [0.5, 0.6) is 5.75 Å². The first kappa shape index (κ1) is 13.9. The molecule has 0 N–H and O–H groups in total. The molecule has 0 aliphatic carbocycles. The van der Waals surface area contributed by atoms with Gasteiger partial charge < -0.3 is 4.74 Å². The van der Waals surface area contributed by atoms with E-state index in [0.717, 1.165) is 27.8 Å². The summed E-state index contributed by atoms with van der Waals surface area (Å²) in [5, 5.41) is 0.940. The second-order valence-corrected chi connectivity index (χ2v) is 5.26. The van der Waals surface area contributed by atoms with Gasteiger partial charge in [-0.1, -0.05) is 12.1 Å². The van der Waals surface area contributed by atoms with E-state index in [2.05, 4.69) is 4.37 Å². The number of alkyl halides is 3. The fraction of sp³-hybridized carbons (Fsp3) is 0.133. The Morgan fingerprint density at radius 3 is 2.38 bits per heavy atom. The minimum absolute atomic E-state index is 0.617. The van der Waals surface area contributed by atoms with Gasteiger partial charge in [-0.2, -0.15) is 17.5 Å². The van der Waals surface area contributed by atoms with E-state index in [4.69, 9.17) is 4.74 Å². The van der Waals surface area contributed by atoms with Gasteiger partial charge in [-0.15, -0.1) is 0 Å². The van der Waals surface area contributed by atoms with Crippen molar-refractivity contribution in [3.63, 3.8) is 0 Å². The van der Waals surface area contributed by atoms with Crippen LogP contribution in [0.1, 0.15) is 5.56 Å². The van der Waals surface area contributed by atoms with Gasteiger partial charge in [0.2, 0.25) is 0 Å². The van der Waals surface area contributed by atoms with Crippen LogP contribution in [0.4, 0.5) is 13.2 Å². The second-order valence-electron chi connectivity index (χ2n) is 4.46. The zero-order valence-corrected chi connectivity index (χ0v) is 11.8. The standard InChI is InChI=1S/C15H10F3NOS/c1-20-12-7-4-10-8-19-21-14(10)13(12)9-2-5-11(6-3-9)15(16,17)18/h2-8H,1H3. The number of benzene rings is 2. The van der Waals surface area contributed by atoms with Crippen molar-refractivity contribution < 1.29 is 17.9 Å². The Hall–Kier alpha value is -2.08. The molecule has 21 heavy (non-hydrogen) atoms. The summed E-state index contributed by atoms with van der Waals surface area (Å²) in [5.41, 5.74) is 0.780. The topological polar surface area (TPSA) is 22.1 Å². The number of halogens is 3. The van der Waals surface area contributed by atoms with E-state index in [1.807, 2.05) is 6.07 Å². The van der Waals surface area contributed by atoms with Crippen LogP contribution in [-0.2, 0) is 6.18 Å². The van der Waals surface area contributed by atoms with Gasteiger partial charge in [-0.25, -0.2) is 0 Å². The first-order chi connectivity index (χ1) is 10.0. The molecule has 1 aromatic heterocycles. The third-order valence-corrected chi connectivity index (χ3v) is 4.04. The van der Waals surface area contributed by atoms with Gasteiger partial charge in [-0.05, 0) is 41.4 Å². The molecular formula is C15H10F3NOS. The van der Waals surface area contributed by atoms with Crippen molar-refractivity contribution in [1.29, 1.82) is 0 Å². The highest BCUT2D eigenvalue weighted by Gasteiger charge is 2.30.